The van der Waals surface area contributed by atoms with Gasteiger partial charge >= 0.3 is 0 Å². The summed E-state index contributed by atoms with van der Waals surface area (Å²) < 4.78 is 25.6. The summed E-state index contributed by atoms with van der Waals surface area (Å²) in [6, 6.07) is 18.5. The van der Waals surface area contributed by atoms with Crippen LogP contribution in [0.5, 0.6) is 11.5 Å². The van der Waals surface area contributed by atoms with E-state index in [0.29, 0.717) is 37.5 Å². The number of hydrogen-bond acceptors (Lipinski definition) is 5. The number of rotatable bonds is 13. The van der Waals surface area contributed by atoms with Crippen molar-refractivity contribution < 1.29 is 28.6 Å². The number of hydrogen-bond donors (Lipinski definition) is 2. The summed E-state index contributed by atoms with van der Waals surface area (Å²) in [7, 11) is 1.60. The van der Waals surface area contributed by atoms with Gasteiger partial charge in [-0.3, -0.25) is 4.79 Å². The van der Waals surface area contributed by atoms with Crippen LogP contribution in [-0.4, -0.2) is 38.6 Å². The minimum atomic E-state index is -0.283. The summed E-state index contributed by atoms with van der Waals surface area (Å²) >= 11 is 0. The van der Waals surface area contributed by atoms with Gasteiger partial charge in [-0.25, -0.2) is 4.39 Å². The largest absolute Gasteiger partial charge is 0.496 e. The molecule has 0 saturated heterocycles. The summed E-state index contributed by atoms with van der Waals surface area (Å²) in [6.45, 7) is 5.01. The number of halogens is 1. The Morgan fingerprint density at radius 1 is 1.11 bits per heavy atom. The van der Waals surface area contributed by atoms with Crippen molar-refractivity contribution in [3.05, 3.63) is 83.2 Å². The Hall–Kier alpha value is -3.71. The molecule has 1 unspecified atom stereocenters. The second-order valence-corrected chi connectivity index (χ2v) is 8.15. The van der Waals surface area contributed by atoms with Crippen molar-refractivity contribution in [1.29, 1.82) is 0 Å². The SMILES string of the molecule is C=O.CCc1cc(F)cc(-c2ccc(OCc3cccc(C(CO)CCCNC=O)c3)cc2)c1OC. The van der Waals surface area contributed by atoms with Gasteiger partial charge in [-0.15, -0.1) is 0 Å². The zero-order valence-electron chi connectivity index (χ0n) is 20.8. The fraction of sp³-hybridized carbons (Fsp3) is 0.310. The second-order valence-electron chi connectivity index (χ2n) is 8.15. The van der Waals surface area contributed by atoms with E-state index in [1.165, 1.54) is 12.1 Å². The van der Waals surface area contributed by atoms with E-state index in [2.05, 4.69) is 5.32 Å². The molecule has 0 fully saturated rings. The highest BCUT2D eigenvalue weighted by atomic mass is 19.1. The van der Waals surface area contributed by atoms with E-state index < -0.39 is 0 Å². The van der Waals surface area contributed by atoms with Crippen molar-refractivity contribution in [3.63, 3.8) is 0 Å². The molecule has 1 atom stereocenters. The summed E-state index contributed by atoms with van der Waals surface area (Å²) in [5.41, 5.74) is 4.46. The molecule has 7 heteroatoms. The zero-order chi connectivity index (χ0) is 26.3. The topological polar surface area (TPSA) is 84.9 Å². The van der Waals surface area contributed by atoms with Gasteiger partial charge in [-0.1, -0.05) is 43.3 Å². The Morgan fingerprint density at radius 3 is 2.50 bits per heavy atom. The predicted octanol–water partition coefficient (Wildman–Crippen LogP) is 5.06. The Bertz CT molecular complexity index is 1090. The third-order valence-electron chi connectivity index (χ3n) is 5.89. The van der Waals surface area contributed by atoms with Gasteiger partial charge < -0.3 is 24.7 Å². The molecule has 0 radical (unpaired) electrons. The van der Waals surface area contributed by atoms with Gasteiger partial charge in [-0.05, 0) is 65.8 Å². The van der Waals surface area contributed by atoms with Crippen LogP contribution in [0.3, 0.4) is 0 Å². The summed E-state index contributed by atoms with van der Waals surface area (Å²) in [6.07, 6.45) is 2.95. The molecule has 0 aliphatic carbocycles. The Morgan fingerprint density at radius 2 is 1.86 bits per heavy atom. The maximum atomic E-state index is 14.1. The Labute approximate surface area is 212 Å². The number of aliphatic hydroxyl groups is 1. The van der Waals surface area contributed by atoms with Crippen molar-refractivity contribution in [2.75, 3.05) is 20.3 Å². The standard InChI is InChI=1S/C28H32FNO4.CH2O/c1-3-21-15-25(29)16-27(28(21)33-2)22-9-11-26(12-10-22)34-18-20-6-4-7-23(14-20)24(17-31)8-5-13-30-19-32;1-2/h4,6-7,9-12,14-16,19,24,31H,3,5,8,13,17-18H2,1-2H3,(H,30,32);1H2. The van der Waals surface area contributed by atoms with E-state index in [9.17, 15) is 14.3 Å². The smallest absolute Gasteiger partial charge is 0.207 e. The average molecular weight is 496 g/mol. The summed E-state index contributed by atoms with van der Waals surface area (Å²) in [5, 5.41) is 12.4. The minimum absolute atomic E-state index is 0.0157. The van der Waals surface area contributed by atoms with Gasteiger partial charge in [-0.2, -0.15) is 0 Å². The van der Waals surface area contributed by atoms with Crippen LogP contribution in [0.25, 0.3) is 11.1 Å². The first-order valence-corrected chi connectivity index (χ1v) is 11.8. The lowest BCUT2D eigenvalue weighted by Crippen LogP contribution is -2.14. The molecule has 0 heterocycles. The van der Waals surface area contributed by atoms with Crippen molar-refractivity contribution >= 4 is 13.2 Å². The normalized spacial score (nSPS) is 11.1. The molecular weight excluding hydrogens is 461 g/mol. The van der Waals surface area contributed by atoms with Gasteiger partial charge in [0.1, 0.15) is 30.7 Å². The molecule has 0 spiro atoms. The number of carbonyl (C=O) groups is 2. The number of aryl methyl sites for hydroxylation is 1. The molecule has 0 bridgehead atoms. The van der Waals surface area contributed by atoms with Crippen molar-refractivity contribution in [2.24, 2.45) is 0 Å². The molecule has 0 aromatic heterocycles. The number of nitrogens with one attached hydrogen (secondary N) is 1. The maximum Gasteiger partial charge on any atom is 0.207 e. The van der Waals surface area contributed by atoms with Crippen LogP contribution in [0.1, 0.15) is 42.4 Å². The number of methoxy groups -OCH3 is 1. The third kappa shape index (κ3) is 7.92. The van der Waals surface area contributed by atoms with E-state index >= 15 is 0 Å². The molecule has 192 valence electrons. The molecule has 1 amide bonds. The van der Waals surface area contributed by atoms with Gasteiger partial charge in [0.25, 0.3) is 0 Å². The molecule has 6 nitrogen and oxygen atoms in total. The zero-order valence-corrected chi connectivity index (χ0v) is 20.8. The summed E-state index contributed by atoms with van der Waals surface area (Å²) in [4.78, 5) is 18.4. The van der Waals surface area contributed by atoms with Crippen LogP contribution in [0.4, 0.5) is 4.39 Å². The molecule has 0 aliphatic rings. The van der Waals surface area contributed by atoms with Crippen LogP contribution in [0.2, 0.25) is 0 Å². The molecule has 0 saturated carbocycles. The lowest BCUT2D eigenvalue weighted by Gasteiger charge is -2.16. The lowest BCUT2D eigenvalue weighted by atomic mass is 9.94. The fourth-order valence-corrected chi connectivity index (χ4v) is 4.08. The van der Waals surface area contributed by atoms with Crippen LogP contribution < -0.4 is 14.8 Å². The number of amides is 1. The highest BCUT2D eigenvalue weighted by molar-refractivity contribution is 5.72. The quantitative estimate of drug-likeness (QED) is 0.256. The molecule has 3 aromatic rings. The molecule has 36 heavy (non-hydrogen) atoms. The first-order valence-electron chi connectivity index (χ1n) is 11.8. The third-order valence-corrected chi connectivity index (χ3v) is 5.89. The molecule has 2 N–H and O–H groups in total. The molecule has 0 aliphatic heterocycles. The molecule has 3 rings (SSSR count). The van der Waals surface area contributed by atoms with E-state index in [1.807, 2.05) is 62.2 Å². The number of carbonyl (C=O) groups excluding carboxylic acids is 2. The van der Waals surface area contributed by atoms with Gasteiger partial charge in [0.2, 0.25) is 6.41 Å². The van der Waals surface area contributed by atoms with Crippen LogP contribution in [-0.2, 0) is 22.6 Å². The minimum Gasteiger partial charge on any atom is -0.496 e. The number of benzene rings is 3. The van der Waals surface area contributed by atoms with Gasteiger partial charge in [0, 0.05) is 24.6 Å². The highest BCUT2D eigenvalue weighted by Gasteiger charge is 2.13. The lowest BCUT2D eigenvalue weighted by molar-refractivity contribution is -0.109. The first-order chi connectivity index (χ1) is 17.6. The van der Waals surface area contributed by atoms with E-state index in [4.69, 9.17) is 14.3 Å². The van der Waals surface area contributed by atoms with E-state index in [0.717, 1.165) is 40.7 Å². The summed E-state index contributed by atoms with van der Waals surface area (Å²) in [5.74, 6) is 1.13. The van der Waals surface area contributed by atoms with Crippen molar-refractivity contribution in [3.8, 4) is 22.6 Å². The highest BCUT2D eigenvalue weighted by Crippen LogP contribution is 2.35. The van der Waals surface area contributed by atoms with Crippen molar-refractivity contribution in [1.82, 2.24) is 5.32 Å². The van der Waals surface area contributed by atoms with Gasteiger partial charge in [0.05, 0.1) is 7.11 Å². The van der Waals surface area contributed by atoms with Crippen LogP contribution in [0, 0.1) is 5.82 Å². The number of aliphatic hydroxyl groups excluding tert-OH is 1. The second kappa shape index (κ2) is 15.3. The predicted molar refractivity (Wildman–Crippen MR) is 139 cm³/mol. The van der Waals surface area contributed by atoms with Crippen LogP contribution in [0.15, 0.2) is 60.7 Å². The fourth-order valence-electron chi connectivity index (χ4n) is 4.08. The van der Waals surface area contributed by atoms with Gasteiger partial charge in [0.15, 0.2) is 0 Å². The monoisotopic (exact) mass is 495 g/mol. The molecule has 3 aromatic carbocycles. The van der Waals surface area contributed by atoms with E-state index in [1.54, 1.807) is 7.11 Å². The Balaban J connectivity index is 0.00000222. The van der Waals surface area contributed by atoms with Crippen molar-refractivity contribution in [2.45, 2.75) is 38.7 Å². The number of ether oxygens (including phenoxy) is 2. The first kappa shape index (κ1) is 28.5. The maximum absolute atomic E-state index is 14.1. The van der Waals surface area contributed by atoms with Crippen LogP contribution >= 0.6 is 0 Å². The Kier molecular flexibility index (Phi) is 12.1. The average Bonchev–Trinajstić information content (AvgIpc) is 2.93. The van der Waals surface area contributed by atoms with E-state index in [-0.39, 0.29) is 18.3 Å². The molecular formula is C29H34FNO5.